The molecule has 0 aromatic carbocycles. The highest BCUT2D eigenvalue weighted by Crippen LogP contribution is 2.18. The summed E-state index contributed by atoms with van der Waals surface area (Å²) >= 11 is 1.48. The van der Waals surface area contributed by atoms with Crippen LogP contribution >= 0.6 is 11.8 Å². The van der Waals surface area contributed by atoms with Crippen LogP contribution in [0.25, 0.3) is 0 Å². The minimum absolute atomic E-state index is 0.114. The molecule has 2 aromatic rings. The molecule has 0 saturated carbocycles. The maximum Gasteiger partial charge on any atom is 0.226 e. The molecule has 0 atom stereocenters. The van der Waals surface area contributed by atoms with Gasteiger partial charge in [0.1, 0.15) is 11.6 Å². The molecule has 0 spiro atoms. The van der Waals surface area contributed by atoms with Crippen LogP contribution in [-0.4, -0.2) is 31.6 Å². The molecular formula is C12H18N6O2S. The van der Waals surface area contributed by atoms with Crippen molar-refractivity contribution in [2.24, 2.45) is 5.73 Å². The number of carbonyl (C=O) groups excluding carboxylic acids is 1. The van der Waals surface area contributed by atoms with Gasteiger partial charge in [-0.3, -0.25) is 4.79 Å². The molecule has 0 aliphatic heterocycles. The van der Waals surface area contributed by atoms with E-state index in [1.54, 1.807) is 13.0 Å². The summed E-state index contributed by atoms with van der Waals surface area (Å²) in [6.45, 7) is 4.89. The van der Waals surface area contributed by atoms with Gasteiger partial charge < -0.3 is 20.1 Å². The predicted octanol–water partition coefficient (Wildman–Crippen LogP) is 1.17. The minimum Gasteiger partial charge on any atom is -0.360 e. The van der Waals surface area contributed by atoms with Gasteiger partial charge in [0.15, 0.2) is 11.0 Å². The van der Waals surface area contributed by atoms with E-state index in [1.165, 1.54) is 11.8 Å². The Morgan fingerprint density at radius 2 is 2.33 bits per heavy atom. The first-order valence-corrected chi connectivity index (χ1v) is 7.60. The van der Waals surface area contributed by atoms with Crippen LogP contribution in [0.1, 0.15) is 24.9 Å². The van der Waals surface area contributed by atoms with Gasteiger partial charge in [-0.05, 0) is 13.8 Å². The summed E-state index contributed by atoms with van der Waals surface area (Å²) in [6.07, 6.45) is 0.352. The number of nitrogens with zero attached hydrogens (tertiary/aromatic N) is 4. The van der Waals surface area contributed by atoms with Gasteiger partial charge in [-0.25, -0.2) is 0 Å². The van der Waals surface area contributed by atoms with Crippen molar-refractivity contribution < 1.29 is 9.32 Å². The van der Waals surface area contributed by atoms with E-state index in [4.69, 9.17) is 10.3 Å². The molecule has 2 aromatic heterocycles. The molecule has 0 bridgehead atoms. The third-order valence-corrected chi connectivity index (χ3v) is 3.72. The Morgan fingerprint density at radius 1 is 1.52 bits per heavy atom. The Kier molecular flexibility index (Phi) is 5.34. The molecule has 0 saturated heterocycles. The van der Waals surface area contributed by atoms with E-state index in [9.17, 15) is 4.79 Å². The number of nitrogens with one attached hydrogen (secondary N) is 1. The van der Waals surface area contributed by atoms with E-state index in [0.717, 1.165) is 17.5 Å². The zero-order valence-electron chi connectivity index (χ0n) is 12.0. The van der Waals surface area contributed by atoms with Crippen LogP contribution in [0.4, 0.5) is 5.82 Å². The SMILES string of the molecule is CCn1c(CN)nnc1SCCC(=O)Nc1cc(C)on1. The van der Waals surface area contributed by atoms with Crippen molar-refractivity contribution in [3.05, 3.63) is 17.7 Å². The minimum atomic E-state index is -0.114. The Labute approximate surface area is 126 Å². The average Bonchev–Trinajstić information content (AvgIpc) is 3.04. The van der Waals surface area contributed by atoms with Crippen molar-refractivity contribution in [1.29, 1.82) is 0 Å². The molecule has 21 heavy (non-hydrogen) atoms. The summed E-state index contributed by atoms with van der Waals surface area (Å²) in [7, 11) is 0. The van der Waals surface area contributed by atoms with Crippen molar-refractivity contribution >= 4 is 23.5 Å². The molecule has 0 radical (unpaired) electrons. The second-order valence-electron chi connectivity index (χ2n) is 4.32. The number of rotatable bonds is 7. The number of nitrogens with two attached hydrogens (primary N) is 1. The normalized spacial score (nSPS) is 10.8. The summed E-state index contributed by atoms with van der Waals surface area (Å²) in [5.41, 5.74) is 5.59. The van der Waals surface area contributed by atoms with E-state index in [0.29, 0.717) is 30.3 Å². The lowest BCUT2D eigenvalue weighted by Crippen LogP contribution is -2.12. The Hall–Kier alpha value is -1.87. The van der Waals surface area contributed by atoms with Crippen molar-refractivity contribution in [2.45, 2.75) is 38.5 Å². The number of thioether (sulfide) groups is 1. The number of hydrogen-bond donors (Lipinski definition) is 2. The Balaban J connectivity index is 1.81. The molecule has 8 nitrogen and oxygen atoms in total. The van der Waals surface area contributed by atoms with Gasteiger partial charge in [-0.15, -0.1) is 10.2 Å². The zero-order chi connectivity index (χ0) is 15.2. The van der Waals surface area contributed by atoms with Gasteiger partial charge >= 0.3 is 0 Å². The number of anilines is 1. The van der Waals surface area contributed by atoms with Gasteiger partial charge in [0.2, 0.25) is 5.91 Å². The number of amides is 1. The predicted molar refractivity (Wildman–Crippen MR) is 78.8 cm³/mol. The standard InChI is InChI=1S/C12H18N6O2S/c1-3-18-10(7-13)15-16-12(18)21-5-4-11(19)14-9-6-8(2)20-17-9/h6H,3-5,7,13H2,1-2H3,(H,14,17,19). The molecule has 114 valence electrons. The van der Waals surface area contributed by atoms with E-state index >= 15 is 0 Å². The van der Waals surface area contributed by atoms with Crippen molar-refractivity contribution in [2.75, 3.05) is 11.1 Å². The van der Waals surface area contributed by atoms with Crippen molar-refractivity contribution in [3.8, 4) is 0 Å². The molecule has 0 aliphatic carbocycles. The highest BCUT2D eigenvalue weighted by Gasteiger charge is 2.11. The number of hydrogen-bond acceptors (Lipinski definition) is 7. The number of aromatic nitrogens is 4. The summed E-state index contributed by atoms with van der Waals surface area (Å²) in [6, 6.07) is 1.67. The highest BCUT2D eigenvalue weighted by atomic mass is 32.2. The van der Waals surface area contributed by atoms with Crippen molar-refractivity contribution in [3.63, 3.8) is 0 Å². The monoisotopic (exact) mass is 310 g/mol. The second kappa shape index (κ2) is 7.23. The molecule has 3 N–H and O–H groups in total. The molecule has 0 aliphatic rings. The first-order chi connectivity index (χ1) is 10.1. The van der Waals surface area contributed by atoms with Crippen LogP contribution in [0.15, 0.2) is 15.7 Å². The van der Waals surface area contributed by atoms with E-state index in [1.807, 2.05) is 11.5 Å². The molecular weight excluding hydrogens is 292 g/mol. The van der Waals surface area contributed by atoms with Gasteiger partial charge in [0.25, 0.3) is 0 Å². The third kappa shape index (κ3) is 4.05. The van der Waals surface area contributed by atoms with E-state index in [-0.39, 0.29) is 5.91 Å². The summed E-state index contributed by atoms with van der Waals surface area (Å²) < 4.78 is 6.83. The lowest BCUT2D eigenvalue weighted by atomic mass is 10.4. The summed E-state index contributed by atoms with van der Waals surface area (Å²) in [5.74, 6) is 2.33. The summed E-state index contributed by atoms with van der Waals surface area (Å²) in [5, 5.41) is 15.3. The molecule has 0 fully saturated rings. The highest BCUT2D eigenvalue weighted by molar-refractivity contribution is 7.99. The topological polar surface area (TPSA) is 112 Å². The van der Waals surface area contributed by atoms with Gasteiger partial charge in [-0.2, -0.15) is 0 Å². The molecule has 9 heteroatoms. The van der Waals surface area contributed by atoms with Crippen molar-refractivity contribution in [1.82, 2.24) is 19.9 Å². The fourth-order valence-corrected chi connectivity index (χ4v) is 2.72. The molecule has 2 rings (SSSR count). The summed E-state index contributed by atoms with van der Waals surface area (Å²) in [4.78, 5) is 11.8. The van der Waals surface area contributed by atoms with Crippen LogP contribution in [0.3, 0.4) is 0 Å². The third-order valence-electron chi connectivity index (χ3n) is 2.75. The second-order valence-corrected chi connectivity index (χ2v) is 5.38. The smallest absolute Gasteiger partial charge is 0.226 e. The van der Waals surface area contributed by atoms with Gasteiger partial charge in [0, 0.05) is 24.8 Å². The lowest BCUT2D eigenvalue weighted by Gasteiger charge is -2.05. The fraction of sp³-hybridized carbons (Fsp3) is 0.500. The molecule has 0 unspecified atom stereocenters. The zero-order valence-corrected chi connectivity index (χ0v) is 12.8. The number of carbonyl (C=O) groups is 1. The Morgan fingerprint density at radius 3 is 2.95 bits per heavy atom. The fourth-order valence-electron chi connectivity index (χ4n) is 1.76. The van der Waals surface area contributed by atoms with Gasteiger partial charge in [0.05, 0.1) is 6.54 Å². The van der Waals surface area contributed by atoms with Crippen LogP contribution < -0.4 is 11.1 Å². The van der Waals surface area contributed by atoms with Crippen LogP contribution in [0.2, 0.25) is 0 Å². The van der Waals surface area contributed by atoms with Crippen LogP contribution in [0.5, 0.6) is 0 Å². The quantitative estimate of drug-likeness (QED) is 0.738. The largest absolute Gasteiger partial charge is 0.360 e. The van der Waals surface area contributed by atoms with Crippen LogP contribution in [-0.2, 0) is 17.9 Å². The van der Waals surface area contributed by atoms with E-state index in [2.05, 4.69) is 20.7 Å². The van der Waals surface area contributed by atoms with E-state index < -0.39 is 0 Å². The number of aryl methyl sites for hydroxylation is 1. The maximum absolute atomic E-state index is 11.8. The Bertz CT molecular complexity index is 609. The maximum atomic E-state index is 11.8. The molecule has 2 heterocycles. The lowest BCUT2D eigenvalue weighted by molar-refractivity contribution is -0.115. The molecule has 1 amide bonds. The average molecular weight is 310 g/mol. The first-order valence-electron chi connectivity index (χ1n) is 6.62. The van der Waals surface area contributed by atoms with Crippen LogP contribution in [0, 0.1) is 6.92 Å². The first kappa shape index (κ1) is 15.5. The van der Waals surface area contributed by atoms with Gasteiger partial charge in [-0.1, -0.05) is 16.9 Å².